The van der Waals surface area contributed by atoms with Gasteiger partial charge in [0, 0.05) is 18.5 Å². The number of rotatable bonds is 8. The highest BCUT2D eigenvalue weighted by atomic mass is 79.9. The second-order valence-corrected chi connectivity index (χ2v) is 5.80. The zero-order chi connectivity index (χ0) is 14.1. The molecular formula is C15H22BrNO2. The number of alkyl halides is 1. The van der Waals surface area contributed by atoms with Crippen molar-refractivity contribution >= 4 is 21.8 Å². The topological polar surface area (TPSA) is 38.3 Å². The zero-order valence-corrected chi connectivity index (χ0v) is 13.2. The summed E-state index contributed by atoms with van der Waals surface area (Å²) >= 11 is 3.51. The van der Waals surface area contributed by atoms with Gasteiger partial charge in [0.15, 0.2) is 0 Å². The molecule has 4 heteroatoms. The minimum Gasteiger partial charge on any atom is -0.384 e. The van der Waals surface area contributed by atoms with Crippen LogP contribution < -0.4 is 5.32 Å². The van der Waals surface area contributed by atoms with Crippen LogP contribution in [0.5, 0.6) is 0 Å². The normalized spacial score (nSPS) is 13.8. The van der Waals surface area contributed by atoms with Crippen molar-refractivity contribution in [1.29, 1.82) is 0 Å². The molecule has 0 aliphatic rings. The molecule has 0 radical (unpaired) electrons. The number of hydrogen-bond donors (Lipinski definition) is 1. The lowest BCUT2D eigenvalue weighted by atomic mass is 9.95. The van der Waals surface area contributed by atoms with Crippen LogP contribution >= 0.6 is 15.9 Å². The Morgan fingerprint density at radius 1 is 1.37 bits per heavy atom. The summed E-state index contributed by atoms with van der Waals surface area (Å²) in [6.45, 7) is 3.36. The zero-order valence-electron chi connectivity index (χ0n) is 11.6. The fourth-order valence-electron chi connectivity index (χ4n) is 2.00. The molecule has 0 spiro atoms. The molecule has 3 nitrogen and oxygen atoms in total. The maximum absolute atomic E-state index is 12.2. The fraction of sp³-hybridized carbons (Fsp3) is 0.533. The van der Waals surface area contributed by atoms with Gasteiger partial charge in [-0.15, -0.1) is 0 Å². The van der Waals surface area contributed by atoms with Gasteiger partial charge in [0.1, 0.15) is 0 Å². The van der Waals surface area contributed by atoms with E-state index in [-0.39, 0.29) is 16.7 Å². The molecule has 0 aliphatic heterocycles. The van der Waals surface area contributed by atoms with E-state index in [0.717, 1.165) is 18.4 Å². The third-order valence-electron chi connectivity index (χ3n) is 3.03. The third-order valence-corrected chi connectivity index (χ3v) is 3.75. The van der Waals surface area contributed by atoms with Crippen molar-refractivity contribution in [2.45, 2.75) is 30.5 Å². The van der Waals surface area contributed by atoms with E-state index in [1.807, 2.05) is 37.3 Å². The number of nitrogens with one attached hydrogen (secondary N) is 1. The summed E-state index contributed by atoms with van der Waals surface area (Å²) in [6.07, 6.45) is 1.68. The van der Waals surface area contributed by atoms with Gasteiger partial charge < -0.3 is 10.1 Å². The van der Waals surface area contributed by atoms with E-state index < -0.39 is 0 Å². The summed E-state index contributed by atoms with van der Waals surface area (Å²) in [7, 11) is 1.68. The standard InChI is InChI=1S/C15H22BrNO2/c1-3-14(12-7-5-4-6-8-12)15(18)17-10-9-13(16)11-19-2/h4-8,13-14H,3,9-11H2,1-2H3,(H,17,18). The van der Waals surface area contributed by atoms with Crippen LogP contribution in [0.3, 0.4) is 0 Å². The maximum Gasteiger partial charge on any atom is 0.227 e. The summed E-state index contributed by atoms with van der Waals surface area (Å²) in [5.41, 5.74) is 1.08. The maximum atomic E-state index is 12.2. The second kappa shape index (κ2) is 9.10. The minimum atomic E-state index is -0.0580. The van der Waals surface area contributed by atoms with Crippen molar-refractivity contribution in [3.8, 4) is 0 Å². The average molecular weight is 328 g/mol. The molecule has 1 amide bonds. The van der Waals surface area contributed by atoms with Crippen LogP contribution in [0.15, 0.2) is 30.3 Å². The minimum absolute atomic E-state index is 0.0580. The van der Waals surface area contributed by atoms with Crippen molar-refractivity contribution in [2.75, 3.05) is 20.3 Å². The fourth-order valence-corrected chi connectivity index (χ4v) is 2.49. The molecule has 0 fully saturated rings. The number of carbonyl (C=O) groups is 1. The summed E-state index contributed by atoms with van der Waals surface area (Å²) in [5.74, 6) is 0.0446. The van der Waals surface area contributed by atoms with E-state index in [4.69, 9.17) is 4.74 Å². The predicted molar refractivity (Wildman–Crippen MR) is 81.7 cm³/mol. The predicted octanol–water partition coefficient (Wildman–Crippen LogP) is 3.10. The first-order valence-corrected chi connectivity index (χ1v) is 7.56. The van der Waals surface area contributed by atoms with Crippen LogP contribution in [0.4, 0.5) is 0 Å². The van der Waals surface area contributed by atoms with Crippen LogP contribution in [0, 0.1) is 0 Å². The molecule has 0 saturated carbocycles. The first-order chi connectivity index (χ1) is 9.19. The lowest BCUT2D eigenvalue weighted by molar-refractivity contribution is -0.122. The van der Waals surface area contributed by atoms with Crippen molar-refractivity contribution < 1.29 is 9.53 Å². The van der Waals surface area contributed by atoms with Crippen molar-refractivity contribution in [3.05, 3.63) is 35.9 Å². The molecule has 0 heterocycles. The molecule has 1 N–H and O–H groups in total. The van der Waals surface area contributed by atoms with E-state index in [1.165, 1.54) is 0 Å². The summed E-state index contributed by atoms with van der Waals surface area (Å²) in [4.78, 5) is 12.4. The monoisotopic (exact) mass is 327 g/mol. The lowest BCUT2D eigenvalue weighted by Gasteiger charge is -2.16. The molecule has 106 valence electrons. The van der Waals surface area contributed by atoms with Crippen LogP contribution in [-0.2, 0) is 9.53 Å². The number of carbonyl (C=O) groups excluding carboxylic acids is 1. The van der Waals surface area contributed by atoms with Crippen LogP contribution in [0.1, 0.15) is 31.2 Å². The van der Waals surface area contributed by atoms with Gasteiger partial charge in [0.05, 0.1) is 12.5 Å². The highest BCUT2D eigenvalue weighted by molar-refractivity contribution is 9.09. The first-order valence-electron chi connectivity index (χ1n) is 6.64. The van der Waals surface area contributed by atoms with Crippen LogP contribution in [-0.4, -0.2) is 31.0 Å². The smallest absolute Gasteiger partial charge is 0.227 e. The summed E-state index contributed by atoms with van der Waals surface area (Å²) < 4.78 is 5.04. The van der Waals surface area contributed by atoms with Gasteiger partial charge in [-0.1, -0.05) is 53.2 Å². The summed E-state index contributed by atoms with van der Waals surface area (Å²) in [5, 5.41) is 3.00. The molecule has 0 aromatic heterocycles. The Hall–Kier alpha value is -0.870. The van der Waals surface area contributed by atoms with Crippen molar-refractivity contribution in [1.82, 2.24) is 5.32 Å². The Bertz CT molecular complexity index is 370. The molecule has 19 heavy (non-hydrogen) atoms. The molecule has 1 aromatic carbocycles. The number of halogens is 1. The van der Waals surface area contributed by atoms with Gasteiger partial charge in [-0.25, -0.2) is 0 Å². The molecular weight excluding hydrogens is 306 g/mol. The molecule has 2 atom stereocenters. The molecule has 0 bridgehead atoms. The Kier molecular flexibility index (Phi) is 7.75. The van der Waals surface area contributed by atoms with Crippen LogP contribution in [0.2, 0.25) is 0 Å². The van der Waals surface area contributed by atoms with E-state index in [1.54, 1.807) is 7.11 Å². The lowest BCUT2D eigenvalue weighted by Crippen LogP contribution is -2.31. The molecule has 2 unspecified atom stereocenters. The number of methoxy groups -OCH3 is 1. The number of hydrogen-bond acceptors (Lipinski definition) is 2. The Morgan fingerprint density at radius 3 is 2.63 bits per heavy atom. The van der Waals surface area contributed by atoms with Crippen molar-refractivity contribution in [3.63, 3.8) is 0 Å². The molecule has 0 aliphatic carbocycles. The summed E-state index contributed by atoms with van der Waals surface area (Å²) in [6, 6.07) is 9.92. The van der Waals surface area contributed by atoms with Gasteiger partial charge in [-0.3, -0.25) is 4.79 Å². The number of ether oxygens (including phenoxy) is 1. The molecule has 1 rings (SSSR count). The SMILES string of the molecule is CCC(C(=O)NCCC(Br)COC)c1ccccc1. The molecule has 0 saturated heterocycles. The Balaban J connectivity index is 2.43. The van der Waals surface area contributed by atoms with Gasteiger partial charge in [0.2, 0.25) is 5.91 Å². The quantitative estimate of drug-likeness (QED) is 0.745. The highest BCUT2D eigenvalue weighted by Gasteiger charge is 2.17. The first kappa shape index (κ1) is 16.2. The number of benzene rings is 1. The largest absolute Gasteiger partial charge is 0.384 e. The average Bonchev–Trinajstić information content (AvgIpc) is 2.41. The van der Waals surface area contributed by atoms with E-state index in [0.29, 0.717) is 13.2 Å². The van der Waals surface area contributed by atoms with Crippen LogP contribution in [0.25, 0.3) is 0 Å². The second-order valence-electron chi connectivity index (χ2n) is 4.50. The van der Waals surface area contributed by atoms with Gasteiger partial charge in [-0.05, 0) is 18.4 Å². The van der Waals surface area contributed by atoms with Gasteiger partial charge in [-0.2, -0.15) is 0 Å². The van der Waals surface area contributed by atoms with Gasteiger partial charge in [0.25, 0.3) is 0 Å². The van der Waals surface area contributed by atoms with Gasteiger partial charge >= 0.3 is 0 Å². The Morgan fingerprint density at radius 2 is 2.05 bits per heavy atom. The molecule has 1 aromatic rings. The third kappa shape index (κ3) is 5.74. The van der Waals surface area contributed by atoms with Crippen molar-refractivity contribution in [2.24, 2.45) is 0 Å². The van der Waals surface area contributed by atoms with E-state index in [9.17, 15) is 4.79 Å². The van der Waals surface area contributed by atoms with E-state index >= 15 is 0 Å². The number of amides is 1. The highest BCUT2D eigenvalue weighted by Crippen LogP contribution is 2.19. The Labute approximate surface area is 123 Å². The van der Waals surface area contributed by atoms with E-state index in [2.05, 4.69) is 21.2 Å².